The molecule has 1 heterocycles. The van der Waals surface area contributed by atoms with Gasteiger partial charge in [0.15, 0.2) is 0 Å². The van der Waals surface area contributed by atoms with Crippen molar-refractivity contribution in [2.24, 2.45) is 0 Å². The van der Waals surface area contributed by atoms with Crippen LogP contribution in [0.5, 0.6) is 0 Å². The van der Waals surface area contributed by atoms with Crippen LogP contribution in [0, 0.1) is 0 Å². The Hall–Kier alpha value is -2.14. The highest BCUT2D eigenvalue weighted by molar-refractivity contribution is 5.92. The Morgan fingerprint density at radius 2 is 2.00 bits per heavy atom. The Morgan fingerprint density at radius 1 is 1.32 bits per heavy atom. The topological polar surface area (TPSA) is 58.4 Å². The molecule has 22 heavy (non-hydrogen) atoms. The summed E-state index contributed by atoms with van der Waals surface area (Å²) >= 11 is 0. The van der Waals surface area contributed by atoms with Crippen LogP contribution in [0.15, 0.2) is 42.9 Å². The predicted molar refractivity (Wildman–Crippen MR) is 83.9 cm³/mol. The summed E-state index contributed by atoms with van der Waals surface area (Å²) in [4.78, 5) is 18.4. The third kappa shape index (κ3) is 2.90. The van der Waals surface area contributed by atoms with Crippen molar-refractivity contribution in [2.75, 3.05) is 13.6 Å². The zero-order valence-corrected chi connectivity index (χ0v) is 12.8. The molecule has 3 rings (SSSR count). The molecule has 0 radical (unpaired) electrons. The van der Waals surface area contributed by atoms with Gasteiger partial charge in [0.25, 0.3) is 5.91 Å². The van der Waals surface area contributed by atoms with Crippen LogP contribution < -0.4 is 0 Å². The largest absolute Gasteiger partial charge is 0.388 e. The molecule has 1 aliphatic rings. The van der Waals surface area contributed by atoms with E-state index in [9.17, 15) is 9.90 Å². The quantitative estimate of drug-likeness (QED) is 0.942. The maximum atomic E-state index is 12.7. The molecular weight excluding hydrogens is 278 g/mol. The molecular formula is C17H21N3O2. The van der Waals surface area contributed by atoms with E-state index in [1.165, 1.54) is 0 Å². The summed E-state index contributed by atoms with van der Waals surface area (Å²) < 4.78 is 1.78. The van der Waals surface area contributed by atoms with Gasteiger partial charge in [-0.05, 0) is 25.0 Å². The highest BCUT2D eigenvalue weighted by Crippen LogP contribution is 2.30. The van der Waals surface area contributed by atoms with Crippen LogP contribution in [0.25, 0.3) is 5.69 Å². The number of amides is 1. The van der Waals surface area contributed by atoms with Crippen LogP contribution in [0.2, 0.25) is 0 Å². The third-order valence-electron chi connectivity index (χ3n) is 4.30. The summed E-state index contributed by atoms with van der Waals surface area (Å²) in [6, 6.07) is 9.65. The van der Waals surface area contributed by atoms with Gasteiger partial charge in [-0.25, -0.2) is 4.98 Å². The van der Waals surface area contributed by atoms with Gasteiger partial charge < -0.3 is 10.0 Å². The Morgan fingerprint density at radius 3 is 2.68 bits per heavy atom. The Balaban J connectivity index is 1.80. The Kier molecular flexibility index (Phi) is 3.98. The average Bonchev–Trinajstić information content (AvgIpc) is 3.16. The molecule has 116 valence electrons. The van der Waals surface area contributed by atoms with Crippen LogP contribution >= 0.6 is 0 Å². The summed E-state index contributed by atoms with van der Waals surface area (Å²) in [5.41, 5.74) is 0.675. The van der Waals surface area contributed by atoms with Crippen LogP contribution in [0.1, 0.15) is 36.2 Å². The molecule has 0 bridgehead atoms. The molecule has 0 spiro atoms. The van der Waals surface area contributed by atoms with Gasteiger partial charge in [-0.3, -0.25) is 9.36 Å². The predicted octanol–water partition coefficient (Wildman–Crippen LogP) is 2.25. The van der Waals surface area contributed by atoms with E-state index >= 15 is 0 Å². The summed E-state index contributed by atoms with van der Waals surface area (Å²) in [5, 5.41) is 10.5. The van der Waals surface area contributed by atoms with Crippen molar-refractivity contribution in [3.8, 4) is 5.69 Å². The van der Waals surface area contributed by atoms with Crippen molar-refractivity contribution < 1.29 is 9.90 Å². The van der Waals surface area contributed by atoms with Gasteiger partial charge in [0.2, 0.25) is 0 Å². The van der Waals surface area contributed by atoms with Gasteiger partial charge in [0.05, 0.1) is 18.1 Å². The monoisotopic (exact) mass is 299 g/mol. The molecule has 0 aliphatic heterocycles. The zero-order valence-electron chi connectivity index (χ0n) is 12.8. The molecule has 1 amide bonds. The van der Waals surface area contributed by atoms with E-state index in [1.807, 2.05) is 30.3 Å². The van der Waals surface area contributed by atoms with E-state index in [0.717, 1.165) is 31.4 Å². The second-order valence-corrected chi connectivity index (χ2v) is 6.08. The van der Waals surface area contributed by atoms with E-state index < -0.39 is 5.60 Å². The van der Waals surface area contributed by atoms with Gasteiger partial charge in [-0.1, -0.05) is 31.0 Å². The molecule has 1 saturated carbocycles. The standard InChI is InChI=1S/C17H21N3O2/c1-19(12-17(22)9-5-6-10-17)16(21)15-11-18-13-20(15)14-7-3-2-4-8-14/h2-4,7-8,11,13,22H,5-6,9-10,12H2,1H3. The lowest BCUT2D eigenvalue weighted by atomic mass is 10.0. The molecule has 5 heteroatoms. The van der Waals surface area contributed by atoms with Gasteiger partial charge in [0, 0.05) is 19.3 Å². The number of rotatable bonds is 4. The van der Waals surface area contributed by atoms with E-state index in [4.69, 9.17) is 0 Å². The molecule has 0 atom stereocenters. The van der Waals surface area contributed by atoms with Crippen molar-refractivity contribution in [1.82, 2.24) is 14.5 Å². The zero-order chi connectivity index (χ0) is 15.6. The first kappa shape index (κ1) is 14.8. The summed E-state index contributed by atoms with van der Waals surface area (Å²) in [6.45, 7) is 0.367. The van der Waals surface area contributed by atoms with E-state index in [0.29, 0.717) is 12.2 Å². The van der Waals surface area contributed by atoms with E-state index in [1.54, 1.807) is 29.0 Å². The molecule has 1 aromatic carbocycles. The Bertz CT molecular complexity index is 645. The normalized spacial score (nSPS) is 16.6. The van der Waals surface area contributed by atoms with Gasteiger partial charge in [-0.2, -0.15) is 0 Å². The van der Waals surface area contributed by atoms with Crippen LogP contribution in [0.3, 0.4) is 0 Å². The fourth-order valence-corrected chi connectivity index (χ4v) is 3.15. The molecule has 1 fully saturated rings. The minimum absolute atomic E-state index is 0.123. The molecule has 5 nitrogen and oxygen atoms in total. The van der Waals surface area contributed by atoms with Gasteiger partial charge >= 0.3 is 0 Å². The number of carbonyl (C=O) groups excluding carboxylic acids is 1. The van der Waals surface area contributed by atoms with Crippen molar-refractivity contribution >= 4 is 5.91 Å². The fourth-order valence-electron chi connectivity index (χ4n) is 3.15. The number of para-hydroxylation sites is 1. The van der Waals surface area contributed by atoms with Crippen molar-refractivity contribution in [3.63, 3.8) is 0 Å². The van der Waals surface area contributed by atoms with Gasteiger partial charge in [-0.15, -0.1) is 0 Å². The molecule has 0 saturated heterocycles. The lowest BCUT2D eigenvalue weighted by molar-refractivity contribution is 0.0154. The number of benzene rings is 1. The lowest BCUT2D eigenvalue weighted by Crippen LogP contribution is -2.42. The molecule has 1 aromatic heterocycles. The number of imidazole rings is 1. The van der Waals surface area contributed by atoms with E-state index in [2.05, 4.69) is 4.98 Å². The minimum atomic E-state index is -0.734. The summed E-state index contributed by atoms with van der Waals surface area (Å²) in [5.74, 6) is -0.123. The number of aliphatic hydroxyl groups is 1. The number of hydrogen-bond acceptors (Lipinski definition) is 3. The summed E-state index contributed by atoms with van der Waals surface area (Å²) in [7, 11) is 1.74. The second-order valence-electron chi connectivity index (χ2n) is 6.08. The van der Waals surface area contributed by atoms with Crippen molar-refractivity contribution in [3.05, 3.63) is 48.5 Å². The fraction of sp³-hybridized carbons (Fsp3) is 0.412. The number of likely N-dealkylation sites (N-methyl/N-ethyl adjacent to an activating group) is 1. The number of nitrogens with zero attached hydrogens (tertiary/aromatic N) is 3. The average molecular weight is 299 g/mol. The molecule has 1 aliphatic carbocycles. The van der Waals surface area contributed by atoms with Crippen LogP contribution in [0.4, 0.5) is 0 Å². The highest BCUT2D eigenvalue weighted by atomic mass is 16.3. The number of hydrogen-bond donors (Lipinski definition) is 1. The Labute approximate surface area is 130 Å². The van der Waals surface area contributed by atoms with Crippen molar-refractivity contribution in [1.29, 1.82) is 0 Å². The maximum Gasteiger partial charge on any atom is 0.272 e. The molecule has 0 unspecified atom stereocenters. The maximum absolute atomic E-state index is 12.7. The van der Waals surface area contributed by atoms with Gasteiger partial charge in [0.1, 0.15) is 5.69 Å². The van der Waals surface area contributed by atoms with Crippen LogP contribution in [-0.4, -0.2) is 44.7 Å². The number of aromatic nitrogens is 2. The molecule has 2 aromatic rings. The minimum Gasteiger partial charge on any atom is -0.388 e. The first-order valence-electron chi connectivity index (χ1n) is 7.65. The van der Waals surface area contributed by atoms with Crippen LogP contribution in [-0.2, 0) is 0 Å². The van der Waals surface area contributed by atoms with E-state index in [-0.39, 0.29) is 5.91 Å². The first-order valence-corrected chi connectivity index (χ1v) is 7.65. The molecule has 1 N–H and O–H groups in total. The van der Waals surface area contributed by atoms with Crippen molar-refractivity contribution in [2.45, 2.75) is 31.3 Å². The summed E-state index contributed by atoms with van der Waals surface area (Å²) in [6.07, 6.45) is 6.80. The smallest absolute Gasteiger partial charge is 0.272 e. The highest BCUT2D eigenvalue weighted by Gasteiger charge is 2.34. The second kappa shape index (κ2) is 5.93. The third-order valence-corrected chi connectivity index (χ3v) is 4.30. The SMILES string of the molecule is CN(CC1(O)CCCC1)C(=O)c1cncn1-c1ccccc1. The lowest BCUT2D eigenvalue weighted by Gasteiger charge is -2.28. The number of carbonyl (C=O) groups is 1. The first-order chi connectivity index (χ1) is 10.6.